The maximum absolute atomic E-state index is 12.9. The van der Waals surface area contributed by atoms with E-state index in [1.54, 1.807) is 41.1 Å². The molecule has 30 heavy (non-hydrogen) atoms. The fraction of sp³-hybridized carbons (Fsp3) is 0.565. The van der Waals surface area contributed by atoms with Gasteiger partial charge in [0.05, 0.1) is 24.8 Å². The number of carbonyl (C=O) groups excluding carboxylic acids is 2. The van der Waals surface area contributed by atoms with E-state index in [2.05, 4.69) is 12.2 Å². The average molecular weight is 419 g/mol. The van der Waals surface area contributed by atoms with Gasteiger partial charge in [-0.25, -0.2) is 9.69 Å². The molecule has 1 N–H and O–H groups in total. The van der Waals surface area contributed by atoms with Gasteiger partial charge in [0.15, 0.2) is 0 Å². The Balaban J connectivity index is 2.41. The molecule has 1 aromatic rings. The lowest BCUT2D eigenvalue weighted by molar-refractivity contribution is -0.126. The summed E-state index contributed by atoms with van der Waals surface area (Å²) >= 11 is 0. The summed E-state index contributed by atoms with van der Waals surface area (Å²) < 4.78 is 16.7. The molecule has 0 saturated heterocycles. The zero-order valence-electron chi connectivity index (χ0n) is 19.0. The molecule has 166 valence electrons. The van der Waals surface area contributed by atoms with Crippen molar-refractivity contribution in [2.24, 2.45) is 0 Å². The quantitative estimate of drug-likeness (QED) is 0.675. The summed E-state index contributed by atoms with van der Waals surface area (Å²) in [6.45, 7) is 9.39. The van der Waals surface area contributed by atoms with Gasteiger partial charge in [0, 0.05) is 18.9 Å². The van der Waals surface area contributed by atoms with E-state index in [1.165, 1.54) is 11.0 Å². The van der Waals surface area contributed by atoms with Crippen molar-refractivity contribution in [1.82, 2.24) is 4.90 Å². The lowest BCUT2D eigenvalue weighted by Gasteiger charge is -2.42. The Morgan fingerprint density at radius 3 is 2.30 bits per heavy atom. The summed E-state index contributed by atoms with van der Waals surface area (Å²) in [4.78, 5) is 26.6. The Bertz CT molecular complexity index is 769. The Labute approximate surface area is 179 Å². The second-order valence-electron chi connectivity index (χ2n) is 8.66. The molecule has 0 spiro atoms. The van der Waals surface area contributed by atoms with Crippen molar-refractivity contribution >= 4 is 17.7 Å². The minimum Gasteiger partial charge on any atom is -0.497 e. The van der Waals surface area contributed by atoms with Gasteiger partial charge < -0.3 is 19.5 Å². The van der Waals surface area contributed by atoms with Gasteiger partial charge in [0.1, 0.15) is 11.4 Å². The van der Waals surface area contributed by atoms with Crippen LogP contribution in [0.5, 0.6) is 5.75 Å². The molecule has 1 heterocycles. The topological polar surface area (TPSA) is 77.1 Å². The molecule has 0 aromatic heterocycles. The molecule has 2 amide bonds. The zero-order chi connectivity index (χ0) is 22.5. The van der Waals surface area contributed by atoms with Gasteiger partial charge in [0.2, 0.25) is 0 Å². The van der Waals surface area contributed by atoms with Crippen LogP contribution in [-0.2, 0) is 14.3 Å². The second-order valence-corrected chi connectivity index (χ2v) is 8.66. The molecular weight excluding hydrogens is 384 g/mol. The lowest BCUT2D eigenvalue weighted by Crippen LogP contribution is -2.59. The van der Waals surface area contributed by atoms with Crippen LogP contribution >= 0.6 is 0 Å². The number of ether oxygens (including phenoxy) is 3. The number of carbonyl (C=O) groups is 2. The summed E-state index contributed by atoms with van der Waals surface area (Å²) in [5.41, 5.74) is -0.525. The average Bonchev–Trinajstić information content (AvgIpc) is 3.06. The highest BCUT2D eigenvalue weighted by molar-refractivity contribution is 6.01. The molecule has 7 heteroatoms. The number of rotatable bonds is 8. The summed E-state index contributed by atoms with van der Waals surface area (Å²) in [6, 6.07) is 6.53. The summed E-state index contributed by atoms with van der Waals surface area (Å²) in [5, 5.41) is 3.48. The number of benzene rings is 1. The van der Waals surface area contributed by atoms with Crippen LogP contribution in [0.15, 0.2) is 36.4 Å². The van der Waals surface area contributed by atoms with Gasteiger partial charge >= 0.3 is 6.09 Å². The van der Waals surface area contributed by atoms with Gasteiger partial charge in [-0.05, 0) is 58.4 Å². The predicted octanol–water partition coefficient (Wildman–Crippen LogP) is 4.38. The highest BCUT2D eigenvalue weighted by Gasteiger charge is 2.46. The molecule has 2 rings (SSSR count). The maximum Gasteiger partial charge on any atom is 0.417 e. The molecule has 1 unspecified atom stereocenters. The van der Waals surface area contributed by atoms with Gasteiger partial charge in [-0.2, -0.15) is 0 Å². The number of imide groups is 1. The van der Waals surface area contributed by atoms with Crippen LogP contribution in [0.4, 0.5) is 10.5 Å². The molecule has 0 bridgehead atoms. The first-order chi connectivity index (χ1) is 14.0. The number of hydrogen-bond donors (Lipinski definition) is 1. The number of methoxy groups -OCH3 is 2. The van der Waals surface area contributed by atoms with Gasteiger partial charge in [-0.1, -0.05) is 19.4 Å². The van der Waals surface area contributed by atoms with Gasteiger partial charge in [0.25, 0.3) is 5.91 Å². The normalized spacial score (nSPS) is 19.4. The van der Waals surface area contributed by atoms with Crippen LogP contribution in [0, 0.1) is 0 Å². The molecule has 7 nitrogen and oxygen atoms in total. The van der Waals surface area contributed by atoms with E-state index in [0.717, 1.165) is 24.3 Å². The molecular formula is C23H34N2O5. The van der Waals surface area contributed by atoms with Crippen molar-refractivity contribution in [2.45, 2.75) is 70.7 Å². The minimum atomic E-state index is -0.711. The van der Waals surface area contributed by atoms with Crippen LogP contribution < -0.4 is 10.1 Å². The number of hydrogen-bond acceptors (Lipinski definition) is 6. The van der Waals surface area contributed by atoms with E-state index in [1.807, 2.05) is 31.2 Å². The van der Waals surface area contributed by atoms with Crippen molar-refractivity contribution in [3.8, 4) is 5.75 Å². The third-order valence-corrected chi connectivity index (χ3v) is 5.19. The number of anilines is 1. The number of nitrogens with one attached hydrogen (secondary N) is 1. The molecule has 0 aliphatic carbocycles. The lowest BCUT2D eigenvalue weighted by atomic mass is 9.85. The van der Waals surface area contributed by atoms with Crippen molar-refractivity contribution < 1.29 is 23.8 Å². The monoisotopic (exact) mass is 418 g/mol. The SMILES string of the molecule is CCC[C@](C)(OC)[C@@H](Nc1ccc(OC)cc1)C1C=CC(=O)N1C(=O)OC(C)(C)C. The second kappa shape index (κ2) is 9.51. The number of nitrogens with zero attached hydrogens (tertiary/aromatic N) is 1. The highest BCUT2D eigenvalue weighted by Crippen LogP contribution is 2.32. The third kappa shape index (κ3) is 5.53. The Morgan fingerprint density at radius 1 is 1.17 bits per heavy atom. The smallest absolute Gasteiger partial charge is 0.417 e. The van der Waals surface area contributed by atoms with Crippen molar-refractivity contribution in [3.63, 3.8) is 0 Å². The summed E-state index contributed by atoms with van der Waals surface area (Å²) in [7, 11) is 3.26. The van der Waals surface area contributed by atoms with Crippen LogP contribution in [-0.4, -0.2) is 54.4 Å². The van der Waals surface area contributed by atoms with E-state index in [9.17, 15) is 9.59 Å². The van der Waals surface area contributed by atoms with Crippen LogP contribution in [0.2, 0.25) is 0 Å². The van der Waals surface area contributed by atoms with E-state index in [0.29, 0.717) is 0 Å². The molecule has 1 aliphatic heterocycles. The number of amides is 2. The molecule has 0 fully saturated rings. The molecule has 1 aliphatic rings. The van der Waals surface area contributed by atoms with Crippen LogP contribution in [0.1, 0.15) is 47.5 Å². The van der Waals surface area contributed by atoms with Crippen molar-refractivity contribution in [1.29, 1.82) is 0 Å². The molecule has 0 saturated carbocycles. The summed E-state index contributed by atoms with van der Waals surface area (Å²) in [5.74, 6) is 0.345. The molecule has 0 radical (unpaired) electrons. The first-order valence-corrected chi connectivity index (χ1v) is 10.2. The van der Waals surface area contributed by atoms with E-state index >= 15 is 0 Å². The zero-order valence-corrected chi connectivity index (χ0v) is 19.0. The van der Waals surface area contributed by atoms with Crippen molar-refractivity contribution in [3.05, 3.63) is 36.4 Å². The van der Waals surface area contributed by atoms with E-state index in [4.69, 9.17) is 14.2 Å². The standard InChI is InChI=1S/C23H34N2O5/c1-8-15-23(5,29-7)20(24-16-9-11-17(28-6)12-10-16)18-13-14-19(26)25(18)21(27)30-22(2,3)4/h9-14,18,20,24H,8,15H2,1-7H3/t18?,20-,23-/m0/s1. The Kier molecular flexibility index (Phi) is 7.53. The summed E-state index contributed by atoms with van der Waals surface area (Å²) in [6.07, 6.45) is 4.10. The fourth-order valence-electron chi connectivity index (χ4n) is 3.62. The van der Waals surface area contributed by atoms with Crippen molar-refractivity contribution in [2.75, 3.05) is 19.5 Å². The van der Waals surface area contributed by atoms with E-state index < -0.39 is 35.3 Å². The van der Waals surface area contributed by atoms with Crippen LogP contribution in [0.3, 0.4) is 0 Å². The largest absolute Gasteiger partial charge is 0.497 e. The molecule has 3 atom stereocenters. The first-order valence-electron chi connectivity index (χ1n) is 10.2. The Hall–Kier alpha value is -2.54. The van der Waals surface area contributed by atoms with E-state index in [-0.39, 0.29) is 0 Å². The van der Waals surface area contributed by atoms with Gasteiger partial charge in [-0.3, -0.25) is 4.79 Å². The minimum absolute atomic E-state index is 0.397. The third-order valence-electron chi connectivity index (χ3n) is 5.19. The predicted molar refractivity (Wildman–Crippen MR) is 117 cm³/mol. The van der Waals surface area contributed by atoms with Crippen LogP contribution in [0.25, 0.3) is 0 Å². The maximum atomic E-state index is 12.9. The molecule has 1 aromatic carbocycles. The fourth-order valence-corrected chi connectivity index (χ4v) is 3.62. The van der Waals surface area contributed by atoms with Gasteiger partial charge in [-0.15, -0.1) is 0 Å². The first kappa shape index (κ1) is 23.7. The Morgan fingerprint density at radius 2 is 1.80 bits per heavy atom. The highest BCUT2D eigenvalue weighted by atomic mass is 16.6.